The highest BCUT2D eigenvalue weighted by atomic mass is 14.9. The molecular formula is C11H14N2. The first kappa shape index (κ1) is 7.36. The number of dihydropyridines is 1. The van der Waals surface area contributed by atoms with E-state index in [0.29, 0.717) is 5.92 Å². The van der Waals surface area contributed by atoms with Crippen molar-refractivity contribution in [3.8, 4) is 0 Å². The topological polar surface area (TPSA) is 24.4 Å². The third-order valence-corrected chi connectivity index (χ3v) is 3.32. The van der Waals surface area contributed by atoms with Crippen LogP contribution in [0.4, 0.5) is 0 Å². The first-order valence-electron chi connectivity index (χ1n) is 5.09. The maximum Gasteiger partial charge on any atom is 0.0458 e. The van der Waals surface area contributed by atoms with Crippen LogP contribution >= 0.6 is 0 Å². The van der Waals surface area contributed by atoms with E-state index in [1.165, 1.54) is 24.1 Å². The van der Waals surface area contributed by atoms with Crippen molar-refractivity contribution in [2.24, 2.45) is 16.8 Å². The SMILES string of the molecule is C1=NCC2CC3CCNC3=CC2=C1. The fourth-order valence-corrected chi connectivity index (χ4v) is 2.57. The molecule has 13 heavy (non-hydrogen) atoms. The molecule has 2 aliphatic heterocycles. The number of nitrogens with zero attached hydrogens (tertiary/aromatic N) is 1. The van der Waals surface area contributed by atoms with Crippen molar-refractivity contribution in [2.45, 2.75) is 12.8 Å². The summed E-state index contributed by atoms with van der Waals surface area (Å²) in [6.07, 6.45) is 9.08. The van der Waals surface area contributed by atoms with Crippen molar-refractivity contribution < 1.29 is 0 Å². The van der Waals surface area contributed by atoms with Gasteiger partial charge in [0.1, 0.15) is 0 Å². The third-order valence-electron chi connectivity index (χ3n) is 3.32. The molecule has 68 valence electrons. The highest BCUT2D eigenvalue weighted by molar-refractivity contribution is 5.74. The van der Waals surface area contributed by atoms with Gasteiger partial charge in [0.2, 0.25) is 0 Å². The highest BCUT2D eigenvalue weighted by Crippen LogP contribution is 2.36. The molecule has 0 aromatic carbocycles. The van der Waals surface area contributed by atoms with Crippen LogP contribution in [-0.4, -0.2) is 19.3 Å². The average molecular weight is 174 g/mol. The van der Waals surface area contributed by atoms with Crippen molar-refractivity contribution in [3.63, 3.8) is 0 Å². The molecule has 0 bridgehead atoms. The van der Waals surface area contributed by atoms with Gasteiger partial charge in [-0.1, -0.05) is 0 Å². The molecule has 2 heteroatoms. The molecule has 0 spiro atoms. The van der Waals surface area contributed by atoms with E-state index in [1.54, 1.807) is 0 Å². The van der Waals surface area contributed by atoms with Gasteiger partial charge >= 0.3 is 0 Å². The Balaban J connectivity index is 1.97. The molecule has 2 nitrogen and oxygen atoms in total. The fourth-order valence-electron chi connectivity index (χ4n) is 2.57. The van der Waals surface area contributed by atoms with E-state index in [0.717, 1.165) is 19.0 Å². The van der Waals surface area contributed by atoms with E-state index < -0.39 is 0 Å². The lowest BCUT2D eigenvalue weighted by molar-refractivity contribution is 0.452. The Labute approximate surface area is 78.4 Å². The second-order valence-electron chi connectivity index (χ2n) is 4.13. The predicted molar refractivity (Wildman–Crippen MR) is 53.7 cm³/mol. The van der Waals surface area contributed by atoms with Crippen molar-refractivity contribution in [3.05, 3.63) is 23.4 Å². The van der Waals surface area contributed by atoms with E-state index in [9.17, 15) is 0 Å². The van der Waals surface area contributed by atoms with Crippen LogP contribution in [0.3, 0.4) is 0 Å². The Morgan fingerprint density at radius 3 is 3.38 bits per heavy atom. The molecule has 3 aliphatic rings. The molecule has 1 N–H and O–H groups in total. The minimum Gasteiger partial charge on any atom is -0.388 e. The summed E-state index contributed by atoms with van der Waals surface area (Å²) in [4.78, 5) is 4.32. The Bertz CT molecular complexity index is 312. The van der Waals surface area contributed by atoms with E-state index >= 15 is 0 Å². The molecule has 0 aromatic heterocycles. The molecule has 0 aromatic rings. The van der Waals surface area contributed by atoms with Gasteiger partial charge in [-0.3, -0.25) is 4.99 Å². The lowest BCUT2D eigenvalue weighted by Crippen LogP contribution is -2.22. The van der Waals surface area contributed by atoms with Crippen LogP contribution in [0.5, 0.6) is 0 Å². The zero-order chi connectivity index (χ0) is 8.67. The summed E-state index contributed by atoms with van der Waals surface area (Å²) in [6.45, 7) is 2.17. The molecule has 1 saturated heterocycles. The van der Waals surface area contributed by atoms with E-state index in [1.807, 2.05) is 6.21 Å². The van der Waals surface area contributed by atoms with Crippen molar-refractivity contribution in [2.75, 3.05) is 13.1 Å². The maximum atomic E-state index is 4.32. The first-order chi connectivity index (χ1) is 6.43. The lowest BCUT2D eigenvalue weighted by atomic mass is 9.80. The van der Waals surface area contributed by atoms with Gasteiger partial charge in [-0.25, -0.2) is 0 Å². The number of rotatable bonds is 0. The standard InChI is InChI=1S/C11H14N2/c1-3-12-7-10-5-9-2-4-13-11(9)6-8(1)10/h1,3,6,9-10,13H,2,4-5,7H2. The van der Waals surface area contributed by atoms with Gasteiger partial charge in [-0.2, -0.15) is 0 Å². The van der Waals surface area contributed by atoms with Gasteiger partial charge < -0.3 is 5.32 Å². The van der Waals surface area contributed by atoms with Crippen LogP contribution in [0.25, 0.3) is 0 Å². The quantitative estimate of drug-likeness (QED) is 0.591. The Morgan fingerprint density at radius 2 is 2.38 bits per heavy atom. The van der Waals surface area contributed by atoms with E-state index in [-0.39, 0.29) is 0 Å². The highest BCUT2D eigenvalue weighted by Gasteiger charge is 2.30. The minimum absolute atomic E-state index is 0.707. The number of aliphatic imine (C=N–C) groups is 1. The summed E-state index contributed by atoms with van der Waals surface area (Å²) in [5, 5.41) is 3.47. The molecule has 2 atom stereocenters. The van der Waals surface area contributed by atoms with Gasteiger partial charge in [0.05, 0.1) is 0 Å². The predicted octanol–water partition coefficient (Wildman–Crippen LogP) is 1.51. The molecular weight excluding hydrogens is 160 g/mol. The Hall–Kier alpha value is -1.05. The lowest BCUT2D eigenvalue weighted by Gasteiger charge is -2.27. The van der Waals surface area contributed by atoms with E-state index in [2.05, 4.69) is 22.5 Å². The van der Waals surface area contributed by atoms with E-state index in [4.69, 9.17) is 0 Å². The summed E-state index contributed by atoms with van der Waals surface area (Å²) in [7, 11) is 0. The van der Waals surface area contributed by atoms with Crippen LogP contribution in [-0.2, 0) is 0 Å². The molecule has 1 fully saturated rings. The van der Waals surface area contributed by atoms with Crippen molar-refractivity contribution in [1.29, 1.82) is 0 Å². The largest absolute Gasteiger partial charge is 0.388 e. The molecule has 0 amide bonds. The summed E-state index contributed by atoms with van der Waals surface area (Å²) >= 11 is 0. The van der Waals surface area contributed by atoms with Gasteiger partial charge in [0, 0.05) is 36.8 Å². The number of hydrogen-bond acceptors (Lipinski definition) is 2. The van der Waals surface area contributed by atoms with Crippen molar-refractivity contribution in [1.82, 2.24) is 5.32 Å². The number of allylic oxidation sites excluding steroid dienone is 3. The smallest absolute Gasteiger partial charge is 0.0458 e. The molecule has 2 heterocycles. The molecule has 1 aliphatic carbocycles. The number of hydrogen-bond donors (Lipinski definition) is 1. The summed E-state index contributed by atoms with van der Waals surface area (Å²) in [5.41, 5.74) is 2.95. The molecule has 0 radical (unpaired) electrons. The van der Waals surface area contributed by atoms with Crippen LogP contribution in [0.1, 0.15) is 12.8 Å². The zero-order valence-electron chi connectivity index (χ0n) is 7.66. The van der Waals surface area contributed by atoms with Gasteiger partial charge in [0.25, 0.3) is 0 Å². The Morgan fingerprint density at radius 1 is 1.38 bits per heavy atom. The normalized spacial score (nSPS) is 35.7. The van der Waals surface area contributed by atoms with Crippen LogP contribution in [0, 0.1) is 11.8 Å². The van der Waals surface area contributed by atoms with Crippen LogP contribution < -0.4 is 5.32 Å². The Kier molecular flexibility index (Phi) is 1.54. The number of fused-ring (bicyclic) bond motifs is 2. The van der Waals surface area contributed by atoms with Gasteiger partial charge in [-0.15, -0.1) is 0 Å². The van der Waals surface area contributed by atoms with Crippen LogP contribution in [0.2, 0.25) is 0 Å². The maximum absolute atomic E-state index is 4.32. The second kappa shape index (κ2) is 2.72. The average Bonchev–Trinajstić information content (AvgIpc) is 2.61. The summed E-state index contributed by atoms with van der Waals surface area (Å²) in [5.74, 6) is 1.51. The summed E-state index contributed by atoms with van der Waals surface area (Å²) < 4.78 is 0. The number of nitrogens with one attached hydrogen (secondary N) is 1. The zero-order valence-corrected chi connectivity index (χ0v) is 7.66. The molecule has 3 rings (SSSR count). The monoisotopic (exact) mass is 174 g/mol. The fraction of sp³-hybridized carbons (Fsp3) is 0.545. The summed E-state index contributed by atoms with van der Waals surface area (Å²) in [6, 6.07) is 0. The van der Waals surface area contributed by atoms with Crippen LogP contribution in [0.15, 0.2) is 28.4 Å². The first-order valence-corrected chi connectivity index (χ1v) is 5.09. The van der Waals surface area contributed by atoms with Gasteiger partial charge in [-0.05, 0) is 30.6 Å². The molecule has 2 unspecified atom stereocenters. The van der Waals surface area contributed by atoms with Crippen molar-refractivity contribution >= 4 is 6.21 Å². The minimum atomic E-state index is 0.707. The second-order valence-corrected chi connectivity index (χ2v) is 4.13. The molecule has 0 saturated carbocycles. The third kappa shape index (κ3) is 1.12. The van der Waals surface area contributed by atoms with Gasteiger partial charge in [0.15, 0.2) is 0 Å².